The molecule has 8 aromatic rings. The zero-order chi connectivity index (χ0) is 35.2. The number of hydrogen-bond donors (Lipinski definition) is 0. The number of allylic oxidation sites excluding steroid dienone is 4. The molecule has 0 amide bonds. The Bertz CT molecular complexity index is 2640. The molecule has 4 heteroatoms. The topological polar surface area (TPSA) is 34.0 Å². The fourth-order valence-electron chi connectivity index (χ4n) is 7.66. The van der Waals surface area contributed by atoms with Crippen LogP contribution in [0.15, 0.2) is 164 Å². The van der Waals surface area contributed by atoms with E-state index >= 15 is 0 Å². The van der Waals surface area contributed by atoms with Crippen molar-refractivity contribution < 1.29 is 0 Å². The SMILES string of the molecule is CC(C)(C)c1cccc2nc(-c3ccc(N(c4ccccc4)c4ccc5c(c4)c4ccccc4n5C4=CC=CCC4)cc3)c(-c3ccccc3)nc12. The first-order chi connectivity index (χ1) is 25.4. The first kappa shape index (κ1) is 31.7. The molecule has 0 fully saturated rings. The predicted molar refractivity (Wildman–Crippen MR) is 219 cm³/mol. The molecule has 2 heterocycles. The summed E-state index contributed by atoms with van der Waals surface area (Å²) in [6.45, 7) is 6.70. The van der Waals surface area contributed by atoms with Crippen LogP contribution in [-0.4, -0.2) is 14.5 Å². The second-order valence-electron chi connectivity index (χ2n) is 14.6. The zero-order valence-corrected chi connectivity index (χ0v) is 29.8. The van der Waals surface area contributed by atoms with Gasteiger partial charge in [-0.1, -0.05) is 124 Å². The molecule has 0 spiro atoms. The van der Waals surface area contributed by atoms with Crippen LogP contribution in [0.1, 0.15) is 39.2 Å². The first-order valence-electron chi connectivity index (χ1n) is 18.2. The summed E-state index contributed by atoms with van der Waals surface area (Å²) in [6.07, 6.45) is 8.78. The van der Waals surface area contributed by atoms with Crippen molar-refractivity contribution in [2.45, 2.75) is 39.0 Å². The number of nitrogens with zero attached hydrogens (tertiary/aromatic N) is 4. The summed E-state index contributed by atoms with van der Waals surface area (Å²) in [6, 6.07) is 51.9. The van der Waals surface area contributed by atoms with E-state index in [4.69, 9.17) is 9.97 Å². The minimum absolute atomic E-state index is 0.0609. The highest BCUT2D eigenvalue weighted by molar-refractivity contribution is 6.11. The normalized spacial score (nSPS) is 13.2. The van der Waals surface area contributed by atoms with Crippen LogP contribution >= 0.6 is 0 Å². The Morgan fingerprint density at radius 2 is 1.23 bits per heavy atom. The van der Waals surface area contributed by atoms with Crippen molar-refractivity contribution in [3.05, 3.63) is 169 Å². The number of benzene rings is 6. The van der Waals surface area contributed by atoms with E-state index in [-0.39, 0.29) is 5.41 Å². The number of rotatable bonds is 6. The fraction of sp³-hybridized carbons (Fsp3) is 0.125. The Balaban J connectivity index is 1.19. The molecule has 1 aliphatic rings. The van der Waals surface area contributed by atoms with Gasteiger partial charge in [0.15, 0.2) is 0 Å². The van der Waals surface area contributed by atoms with E-state index in [0.717, 1.165) is 63.5 Å². The molecular weight excluding hydrogens is 633 g/mol. The molecule has 0 atom stereocenters. The zero-order valence-electron chi connectivity index (χ0n) is 29.8. The highest BCUT2D eigenvalue weighted by Gasteiger charge is 2.22. The maximum absolute atomic E-state index is 5.35. The number of para-hydroxylation sites is 3. The molecule has 6 aromatic carbocycles. The second kappa shape index (κ2) is 12.8. The molecule has 4 nitrogen and oxygen atoms in total. The average Bonchev–Trinajstić information content (AvgIpc) is 3.52. The maximum Gasteiger partial charge on any atom is 0.0973 e. The van der Waals surface area contributed by atoms with Gasteiger partial charge in [-0.15, -0.1) is 0 Å². The van der Waals surface area contributed by atoms with Crippen molar-refractivity contribution in [2.24, 2.45) is 0 Å². The Morgan fingerprint density at radius 3 is 1.98 bits per heavy atom. The number of fused-ring (bicyclic) bond motifs is 4. The minimum atomic E-state index is -0.0609. The average molecular weight is 673 g/mol. The van der Waals surface area contributed by atoms with Gasteiger partial charge in [0.2, 0.25) is 0 Å². The largest absolute Gasteiger partial charge is 0.313 e. The summed E-state index contributed by atoms with van der Waals surface area (Å²) in [5.41, 5.74) is 13.9. The van der Waals surface area contributed by atoms with E-state index in [1.807, 2.05) is 6.07 Å². The van der Waals surface area contributed by atoms with Gasteiger partial charge in [0.25, 0.3) is 0 Å². The summed E-state index contributed by atoms with van der Waals surface area (Å²) >= 11 is 0. The molecule has 2 aromatic heterocycles. The third-order valence-electron chi connectivity index (χ3n) is 10.2. The van der Waals surface area contributed by atoms with E-state index in [1.165, 1.54) is 33.1 Å². The molecule has 0 saturated heterocycles. The minimum Gasteiger partial charge on any atom is -0.313 e. The monoisotopic (exact) mass is 672 g/mol. The van der Waals surface area contributed by atoms with Gasteiger partial charge in [-0.3, -0.25) is 0 Å². The van der Waals surface area contributed by atoms with Gasteiger partial charge in [-0.25, -0.2) is 9.97 Å². The molecule has 0 aliphatic heterocycles. The van der Waals surface area contributed by atoms with Gasteiger partial charge in [0, 0.05) is 44.7 Å². The van der Waals surface area contributed by atoms with Crippen LogP contribution in [0.25, 0.3) is 61.1 Å². The molecule has 0 bridgehead atoms. The Morgan fingerprint density at radius 1 is 0.577 bits per heavy atom. The highest BCUT2D eigenvalue weighted by atomic mass is 15.1. The first-order valence-corrected chi connectivity index (χ1v) is 18.2. The van der Waals surface area contributed by atoms with Gasteiger partial charge >= 0.3 is 0 Å². The molecule has 0 unspecified atom stereocenters. The highest BCUT2D eigenvalue weighted by Crippen LogP contribution is 2.41. The van der Waals surface area contributed by atoms with Crippen LogP contribution < -0.4 is 4.90 Å². The smallest absolute Gasteiger partial charge is 0.0973 e. The Labute approximate surface area is 305 Å². The molecule has 252 valence electrons. The molecule has 0 N–H and O–H groups in total. The number of anilines is 3. The van der Waals surface area contributed by atoms with Crippen LogP contribution in [0.3, 0.4) is 0 Å². The van der Waals surface area contributed by atoms with Crippen LogP contribution in [-0.2, 0) is 5.41 Å². The third-order valence-corrected chi connectivity index (χ3v) is 10.2. The van der Waals surface area contributed by atoms with E-state index < -0.39 is 0 Å². The molecule has 9 rings (SSSR count). The van der Waals surface area contributed by atoms with Crippen LogP contribution in [0.5, 0.6) is 0 Å². The lowest BCUT2D eigenvalue weighted by Gasteiger charge is -2.26. The van der Waals surface area contributed by atoms with E-state index in [0.29, 0.717) is 0 Å². The fourth-order valence-corrected chi connectivity index (χ4v) is 7.66. The lowest BCUT2D eigenvalue weighted by atomic mass is 9.86. The van der Waals surface area contributed by atoms with Crippen molar-refractivity contribution in [1.82, 2.24) is 14.5 Å². The maximum atomic E-state index is 5.35. The predicted octanol–water partition coefficient (Wildman–Crippen LogP) is 13.0. The quantitative estimate of drug-likeness (QED) is 0.176. The van der Waals surface area contributed by atoms with Gasteiger partial charge in [0.05, 0.1) is 33.5 Å². The van der Waals surface area contributed by atoms with E-state index in [9.17, 15) is 0 Å². The summed E-state index contributed by atoms with van der Waals surface area (Å²) < 4.78 is 2.44. The molecule has 0 radical (unpaired) electrons. The van der Waals surface area contributed by atoms with Gasteiger partial charge in [0.1, 0.15) is 0 Å². The lowest BCUT2D eigenvalue weighted by Crippen LogP contribution is -2.13. The molecular formula is C48H40N4. The van der Waals surface area contributed by atoms with E-state index in [1.54, 1.807) is 0 Å². The van der Waals surface area contributed by atoms with Crippen molar-refractivity contribution in [3.63, 3.8) is 0 Å². The summed E-state index contributed by atoms with van der Waals surface area (Å²) in [4.78, 5) is 13.0. The standard InChI is InChI=1S/C48H40N4/c1-48(2,3)41-23-15-24-42-47(41)50-46(33-16-7-4-8-17-33)45(49-42)34-26-28-37(29-27-34)51(35-18-9-5-10-19-35)38-30-31-44-40(32-38)39-22-13-14-25-43(39)52(44)36-20-11-6-12-21-36/h4-11,13-20,22-32H,12,21H2,1-3H3. The van der Waals surface area contributed by atoms with Gasteiger partial charge < -0.3 is 9.47 Å². The molecule has 0 saturated carbocycles. The Kier molecular flexibility index (Phi) is 7.81. The van der Waals surface area contributed by atoms with Crippen molar-refractivity contribution in [3.8, 4) is 22.5 Å². The van der Waals surface area contributed by atoms with E-state index in [2.05, 4.69) is 188 Å². The van der Waals surface area contributed by atoms with Crippen molar-refractivity contribution >= 4 is 55.6 Å². The van der Waals surface area contributed by atoms with Gasteiger partial charge in [-0.2, -0.15) is 0 Å². The second-order valence-corrected chi connectivity index (χ2v) is 14.6. The molecule has 1 aliphatic carbocycles. The Hall–Kier alpha value is -6.26. The number of aromatic nitrogens is 3. The third kappa shape index (κ3) is 5.57. The van der Waals surface area contributed by atoms with Crippen molar-refractivity contribution in [2.75, 3.05) is 4.90 Å². The molecule has 52 heavy (non-hydrogen) atoms. The summed E-state index contributed by atoms with van der Waals surface area (Å²) in [5.74, 6) is 0. The van der Waals surface area contributed by atoms with Crippen LogP contribution in [0.2, 0.25) is 0 Å². The van der Waals surface area contributed by atoms with Crippen LogP contribution in [0.4, 0.5) is 17.1 Å². The summed E-state index contributed by atoms with van der Waals surface area (Å²) in [7, 11) is 0. The van der Waals surface area contributed by atoms with Crippen LogP contribution in [0, 0.1) is 0 Å². The number of hydrogen-bond acceptors (Lipinski definition) is 3. The van der Waals surface area contributed by atoms with Gasteiger partial charge in [-0.05, 0) is 84.5 Å². The van der Waals surface area contributed by atoms with Crippen molar-refractivity contribution in [1.29, 1.82) is 0 Å². The summed E-state index contributed by atoms with van der Waals surface area (Å²) in [5, 5.41) is 2.51. The lowest BCUT2D eigenvalue weighted by molar-refractivity contribution is 0.594.